The normalized spacial score (nSPS) is 10.9. The van der Waals surface area contributed by atoms with Gasteiger partial charge in [-0.3, -0.25) is 4.98 Å². The molecule has 2 heterocycles. The maximum absolute atomic E-state index is 9.01. The highest BCUT2D eigenvalue weighted by Gasteiger charge is 2.09. The van der Waals surface area contributed by atoms with E-state index in [0.29, 0.717) is 5.56 Å². The highest BCUT2D eigenvalue weighted by Crippen LogP contribution is 2.32. The molecule has 0 fully saturated rings. The Morgan fingerprint density at radius 2 is 1.70 bits per heavy atom. The number of pyridine rings is 1. The smallest absolute Gasteiger partial charge is 0.0991 e. The van der Waals surface area contributed by atoms with Crippen LogP contribution in [0.25, 0.3) is 38.6 Å². The van der Waals surface area contributed by atoms with Gasteiger partial charge in [0, 0.05) is 34.4 Å². The van der Waals surface area contributed by atoms with E-state index in [1.165, 1.54) is 5.39 Å². The van der Waals surface area contributed by atoms with Gasteiger partial charge in [-0.05, 0) is 54.1 Å². The summed E-state index contributed by atoms with van der Waals surface area (Å²) in [5.41, 5.74) is 6.11. The van der Waals surface area contributed by atoms with Crippen molar-refractivity contribution >= 4 is 21.8 Å². The zero-order chi connectivity index (χ0) is 18.2. The van der Waals surface area contributed by atoms with E-state index in [0.717, 1.165) is 33.2 Å². The summed E-state index contributed by atoms with van der Waals surface area (Å²) in [6.07, 6.45) is 4.01. The fraction of sp³-hybridized carbons (Fsp3) is 0. The molecule has 0 aliphatic carbocycles. The lowest BCUT2D eigenvalue weighted by Gasteiger charge is -2.08. The molecule has 0 N–H and O–H groups in total. The monoisotopic (exact) mass is 345 g/mol. The molecule has 0 saturated heterocycles. The number of hydrogen-bond acceptors (Lipinski definition) is 2. The van der Waals surface area contributed by atoms with Crippen molar-refractivity contribution in [1.82, 2.24) is 9.55 Å². The average Bonchev–Trinajstić information content (AvgIpc) is 3.18. The van der Waals surface area contributed by atoms with Gasteiger partial charge in [0.2, 0.25) is 0 Å². The highest BCUT2D eigenvalue weighted by atomic mass is 15.0. The van der Waals surface area contributed by atoms with Crippen molar-refractivity contribution in [1.29, 1.82) is 5.26 Å². The summed E-state index contributed by atoms with van der Waals surface area (Å²) in [5.74, 6) is 0. The summed E-state index contributed by atoms with van der Waals surface area (Å²) in [5, 5.41) is 11.3. The molecule has 5 rings (SSSR count). The first-order valence-electron chi connectivity index (χ1n) is 8.79. The second kappa shape index (κ2) is 6.12. The predicted octanol–water partition coefficient (Wildman–Crippen LogP) is 5.72. The minimum atomic E-state index is 0.665. The van der Waals surface area contributed by atoms with Crippen molar-refractivity contribution in [3.63, 3.8) is 0 Å². The number of rotatable bonds is 2. The van der Waals surface area contributed by atoms with Gasteiger partial charge in [0.1, 0.15) is 0 Å². The number of aromatic nitrogens is 2. The molecule has 0 amide bonds. The first-order chi connectivity index (χ1) is 13.3. The molecule has 0 aliphatic heterocycles. The van der Waals surface area contributed by atoms with Crippen LogP contribution in [-0.4, -0.2) is 9.55 Å². The Bertz CT molecular complexity index is 1320. The van der Waals surface area contributed by atoms with Crippen molar-refractivity contribution in [3.05, 3.63) is 96.8 Å². The van der Waals surface area contributed by atoms with Crippen LogP contribution in [0.2, 0.25) is 0 Å². The molecule has 5 aromatic rings. The molecule has 0 atom stereocenters. The molecule has 27 heavy (non-hydrogen) atoms. The zero-order valence-electron chi connectivity index (χ0n) is 14.5. The molecule has 0 aliphatic rings. The quantitative estimate of drug-likeness (QED) is 0.411. The van der Waals surface area contributed by atoms with Gasteiger partial charge < -0.3 is 4.57 Å². The molecule has 0 unspecified atom stereocenters. The number of nitrogens with zero attached hydrogens (tertiary/aromatic N) is 3. The van der Waals surface area contributed by atoms with E-state index in [9.17, 15) is 0 Å². The predicted molar refractivity (Wildman–Crippen MR) is 109 cm³/mol. The van der Waals surface area contributed by atoms with E-state index >= 15 is 0 Å². The molecule has 126 valence electrons. The van der Waals surface area contributed by atoms with Crippen LogP contribution in [0.1, 0.15) is 5.56 Å². The SMILES string of the molecule is N#Cc1ccc(-n2ccc3c(-c4cnc5ccccc5c4)cccc32)cc1. The molecular formula is C24H15N3. The van der Waals surface area contributed by atoms with E-state index in [4.69, 9.17) is 5.26 Å². The van der Waals surface area contributed by atoms with Gasteiger partial charge in [0.15, 0.2) is 0 Å². The summed E-state index contributed by atoms with van der Waals surface area (Å²) in [6, 6.07) is 28.6. The third kappa shape index (κ3) is 2.56. The summed E-state index contributed by atoms with van der Waals surface area (Å²) >= 11 is 0. The second-order valence-corrected chi connectivity index (χ2v) is 6.50. The van der Waals surface area contributed by atoms with Gasteiger partial charge >= 0.3 is 0 Å². The van der Waals surface area contributed by atoms with Crippen LogP contribution in [-0.2, 0) is 0 Å². The molecule has 3 aromatic carbocycles. The van der Waals surface area contributed by atoms with Crippen LogP contribution in [0.5, 0.6) is 0 Å². The number of benzene rings is 3. The maximum Gasteiger partial charge on any atom is 0.0991 e. The summed E-state index contributed by atoms with van der Waals surface area (Å²) in [4.78, 5) is 4.61. The van der Waals surface area contributed by atoms with E-state index in [1.54, 1.807) is 0 Å². The largest absolute Gasteiger partial charge is 0.317 e. The van der Waals surface area contributed by atoms with Crippen molar-refractivity contribution in [2.45, 2.75) is 0 Å². The Morgan fingerprint density at radius 3 is 2.56 bits per heavy atom. The zero-order valence-corrected chi connectivity index (χ0v) is 14.5. The van der Waals surface area contributed by atoms with Crippen molar-refractivity contribution in [3.8, 4) is 22.9 Å². The van der Waals surface area contributed by atoms with E-state index in [-0.39, 0.29) is 0 Å². The highest BCUT2D eigenvalue weighted by molar-refractivity contribution is 5.98. The average molecular weight is 345 g/mol. The molecule has 3 heteroatoms. The van der Waals surface area contributed by atoms with Crippen LogP contribution in [0.15, 0.2) is 91.3 Å². The molecule has 2 aromatic heterocycles. The molecule has 0 bridgehead atoms. The van der Waals surface area contributed by atoms with E-state index in [2.05, 4.69) is 58.2 Å². The lowest BCUT2D eigenvalue weighted by molar-refractivity contribution is 1.13. The third-order valence-corrected chi connectivity index (χ3v) is 4.91. The minimum absolute atomic E-state index is 0.665. The Hall–Kier alpha value is -3.90. The van der Waals surface area contributed by atoms with Crippen molar-refractivity contribution in [2.24, 2.45) is 0 Å². The number of nitriles is 1. The standard InChI is InChI=1S/C24H15N3/c25-15-17-8-10-20(11-9-17)27-13-12-22-21(5-3-7-24(22)27)19-14-18-4-1-2-6-23(18)26-16-19/h1-14,16H. The summed E-state index contributed by atoms with van der Waals surface area (Å²) < 4.78 is 2.15. The van der Waals surface area contributed by atoms with Crippen LogP contribution < -0.4 is 0 Å². The summed E-state index contributed by atoms with van der Waals surface area (Å²) in [6.45, 7) is 0. The fourth-order valence-electron chi connectivity index (χ4n) is 3.56. The Morgan fingerprint density at radius 1 is 0.852 bits per heavy atom. The van der Waals surface area contributed by atoms with Gasteiger partial charge in [0.05, 0.1) is 22.7 Å². The number of fused-ring (bicyclic) bond motifs is 2. The van der Waals surface area contributed by atoms with Crippen LogP contribution in [0, 0.1) is 11.3 Å². The second-order valence-electron chi connectivity index (χ2n) is 6.50. The number of para-hydroxylation sites is 1. The third-order valence-electron chi connectivity index (χ3n) is 4.91. The van der Waals surface area contributed by atoms with Crippen LogP contribution in [0.4, 0.5) is 0 Å². The topological polar surface area (TPSA) is 41.6 Å². The van der Waals surface area contributed by atoms with Crippen LogP contribution in [0.3, 0.4) is 0 Å². The molecule has 0 saturated carbocycles. The van der Waals surface area contributed by atoms with Gasteiger partial charge in [-0.1, -0.05) is 30.3 Å². The van der Waals surface area contributed by atoms with Gasteiger partial charge in [0.25, 0.3) is 0 Å². The van der Waals surface area contributed by atoms with Gasteiger partial charge in [-0.2, -0.15) is 5.26 Å². The molecule has 0 radical (unpaired) electrons. The lowest BCUT2D eigenvalue weighted by atomic mass is 10.0. The Balaban J connectivity index is 1.67. The van der Waals surface area contributed by atoms with E-state index in [1.807, 2.05) is 48.7 Å². The van der Waals surface area contributed by atoms with Crippen molar-refractivity contribution < 1.29 is 0 Å². The minimum Gasteiger partial charge on any atom is -0.317 e. The van der Waals surface area contributed by atoms with Crippen molar-refractivity contribution in [2.75, 3.05) is 0 Å². The number of hydrogen-bond donors (Lipinski definition) is 0. The van der Waals surface area contributed by atoms with E-state index < -0.39 is 0 Å². The summed E-state index contributed by atoms with van der Waals surface area (Å²) in [7, 11) is 0. The first-order valence-corrected chi connectivity index (χ1v) is 8.79. The van der Waals surface area contributed by atoms with Gasteiger partial charge in [-0.25, -0.2) is 0 Å². The fourth-order valence-corrected chi connectivity index (χ4v) is 3.56. The van der Waals surface area contributed by atoms with Crippen LogP contribution >= 0.6 is 0 Å². The Kier molecular flexibility index (Phi) is 3.48. The lowest BCUT2D eigenvalue weighted by Crippen LogP contribution is -1.92. The van der Waals surface area contributed by atoms with Gasteiger partial charge in [-0.15, -0.1) is 0 Å². The molecule has 0 spiro atoms. The maximum atomic E-state index is 9.01. The molecular weight excluding hydrogens is 330 g/mol. The first kappa shape index (κ1) is 15.4. The Labute approximate surface area is 156 Å². The molecule has 3 nitrogen and oxygen atoms in total.